The van der Waals surface area contributed by atoms with Crippen LogP contribution in [0.4, 0.5) is 0 Å². The molecule has 1 aromatic heterocycles. The zero-order valence-electron chi connectivity index (χ0n) is 11.3. The Morgan fingerprint density at radius 3 is 3.00 bits per heavy atom. The summed E-state index contributed by atoms with van der Waals surface area (Å²) in [5, 5.41) is 3.66. The van der Waals surface area contributed by atoms with Gasteiger partial charge in [-0.3, -0.25) is 4.90 Å². The average molecular weight is 248 g/mol. The fourth-order valence-electron chi connectivity index (χ4n) is 2.87. The molecule has 2 unspecified atom stereocenters. The fraction of sp³-hybridized carbons (Fsp3) is 0.786. The van der Waals surface area contributed by atoms with Crippen molar-refractivity contribution < 1.29 is 0 Å². The van der Waals surface area contributed by atoms with Crippen LogP contribution in [-0.2, 0) is 6.54 Å². The number of imidazole rings is 1. The molecule has 0 spiro atoms. The third-order valence-electron chi connectivity index (χ3n) is 4.25. The molecule has 2 fully saturated rings. The van der Waals surface area contributed by atoms with E-state index in [-0.39, 0.29) is 0 Å². The molecular weight excluding hydrogens is 224 g/mol. The molecule has 0 radical (unpaired) electrons. The molecule has 1 aromatic rings. The van der Waals surface area contributed by atoms with Crippen molar-refractivity contribution >= 4 is 0 Å². The first-order chi connectivity index (χ1) is 8.81. The number of nitrogens with one attached hydrogen (secondary N) is 1. The quantitative estimate of drug-likeness (QED) is 0.825. The molecule has 100 valence electrons. The summed E-state index contributed by atoms with van der Waals surface area (Å²) in [6, 6.07) is 1.47. The summed E-state index contributed by atoms with van der Waals surface area (Å²) in [7, 11) is 0. The van der Waals surface area contributed by atoms with E-state index >= 15 is 0 Å². The minimum atomic E-state index is 0.616. The predicted molar refractivity (Wildman–Crippen MR) is 72.4 cm³/mol. The smallest absolute Gasteiger partial charge is 0.0946 e. The third kappa shape index (κ3) is 3.12. The topological polar surface area (TPSA) is 33.1 Å². The van der Waals surface area contributed by atoms with E-state index in [9.17, 15) is 0 Å². The molecule has 0 aromatic carbocycles. The molecule has 1 aliphatic heterocycles. The number of aromatic nitrogens is 2. The molecule has 1 N–H and O–H groups in total. The minimum Gasteiger partial charge on any atom is -0.336 e. The van der Waals surface area contributed by atoms with E-state index < -0.39 is 0 Å². The van der Waals surface area contributed by atoms with Gasteiger partial charge in [-0.15, -0.1) is 0 Å². The van der Waals surface area contributed by atoms with Gasteiger partial charge in [0, 0.05) is 37.6 Å². The molecule has 0 bridgehead atoms. The van der Waals surface area contributed by atoms with Crippen molar-refractivity contribution in [1.29, 1.82) is 0 Å². The van der Waals surface area contributed by atoms with Crippen molar-refractivity contribution in [3.63, 3.8) is 0 Å². The highest BCUT2D eigenvalue weighted by atomic mass is 15.2. The molecule has 4 heteroatoms. The molecule has 1 aliphatic carbocycles. The Bertz CT molecular complexity index is 358. The summed E-state index contributed by atoms with van der Waals surface area (Å²) in [6.45, 7) is 7.13. The predicted octanol–water partition coefficient (Wildman–Crippen LogP) is 1.35. The normalized spacial score (nSPS) is 26.6. The van der Waals surface area contributed by atoms with Crippen molar-refractivity contribution in [2.45, 2.75) is 44.8 Å². The van der Waals surface area contributed by atoms with E-state index in [4.69, 9.17) is 0 Å². The van der Waals surface area contributed by atoms with Crippen LogP contribution >= 0.6 is 0 Å². The van der Waals surface area contributed by atoms with Crippen molar-refractivity contribution in [2.24, 2.45) is 5.92 Å². The highest BCUT2D eigenvalue weighted by Gasteiger charge is 2.28. The lowest BCUT2D eigenvalue weighted by Gasteiger charge is -2.24. The van der Waals surface area contributed by atoms with Gasteiger partial charge in [-0.2, -0.15) is 0 Å². The minimum absolute atomic E-state index is 0.616. The maximum Gasteiger partial charge on any atom is 0.0946 e. The van der Waals surface area contributed by atoms with Gasteiger partial charge >= 0.3 is 0 Å². The molecular formula is C14H24N4. The molecule has 2 atom stereocenters. The Morgan fingerprint density at radius 1 is 1.39 bits per heavy atom. The summed E-state index contributed by atoms with van der Waals surface area (Å²) >= 11 is 0. The van der Waals surface area contributed by atoms with Crippen LogP contribution in [0.3, 0.4) is 0 Å². The molecule has 0 amide bonds. The van der Waals surface area contributed by atoms with Crippen molar-refractivity contribution in [1.82, 2.24) is 19.8 Å². The second-order valence-electron chi connectivity index (χ2n) is 5.94. The van der Waals surface area contributed by atoms with Gasteiger partial charge in [0.25, 0.3) is 0 Å². The second kappa shape index (κ2) is 5.41. The van der Waals surface area contributed by atoms with Gasteiger partial charge in [0.1, 0.15) is 0 Å². The van der Waals surface area contributed by atoms with Crippen LogP contribution in [-0.4, -0.2) is 46.2 Å². The third-order valence-corrected chi connectivity index (χ3v) is 4.25. The Labute approximate surface area is 109 Å². The molecule has 18 heavy (non-hydrogen) atoms. The van der Waals surface area contributed by atoms with Gasteiger partial charge in [0.05, 0.1) is 6.33 Å². The van der Waals surface area contributed by atoms with E-state index in [1.54, 1.807) is 0 Å². The van der Waals surface area contributed by atoms with Gasteiger partial charge in [0.2, 0.25) is 0 Å². The number of hydrogen-bond acceptors (Lipinski definition) is 3. The first-order valence-electron chi connectivity index (χ1n) is 7.24. The van der Waals surface area contributed by atoms with E-state index in [1.807, 2.05) is 12.5 Å². The lowest BCUT2D eigenvalue weighted by Crippen LogP contribution is -2.35. The van der Waals surface area contributed by atoms with Crippen molar-refractivity contribution in [3.8, 4) is 0 Å². The standard InChI is InChI=1S/C14H24N4/c1-12(9-17-7-5-15-11-17)18-6-4-13(10-18)8-16-14-2-3-14/h5,7,11-14,16H,2-4,6,8-10H2,1H3. The van der Waals surface area contributed by atoms with Crippen LogP contribution in [0.2, 0.25) is 0 Å². The molecule has 2 aliphatic rings. The van der Waals surface area contributed by atoms with Crippen LogP contribution in [0.5, 0.6) is 0 Å². The van der Waals surface area contributed by atoms with Crippen LogP contribution in [0.25, 0.3) is 0 Å². The van der Waals surface area contributed by atoms with Gasteiger partial charge in [-0.25, -0.2) is 4.98 Å². The Morgan fingerprint density at radius 2 is 2.28 bits per heavy atom. The lowest BCUT2D eigenvalue weighted by atomic mass is 10.1. The Kier molecular flexibility index (Phi) is 3.66. The fourth-order valence-corrected chi connectivity index (χ4v) is 2.87. The van der Waals surface area contributed by atoms with E-state index in [0.717, 1.165) is 18.5 Å². The first kappa shape index (κ1) is 12.2. The second-order valence-corrected chi connectivity index (χ2v) is 5.94. The van der Waals surface area contributed by atoms with E-state index in [1.165, 1.54) is 38.9 Å². The van der Waals surface area contributed by atoms with Gasteiger partial charge in [-0.1, -0.05) is 0 Å². The molecule has 1 saturated heterocycles. The molecule has 1 saturated carbocycles. The monoisotopic (exact) mass is 248 g/mol. The van der Waals surface area contributed by atoms with Gasteiger partial charge in [-0.05, 0) is 45.2 Å². The van der Waals surface area contributed by atoms with Gasteiger partial charge < -0.3 is 9.88 Å². The van der Waals surface area contributed by atoms with Gasteiger partial charge in [0.15, 0.2) is 0 Å². The van der Waals surface area contributed by atoms with Crippen LogP contribution < -0.4 is 5.32 Å². The Balaban J connectivity index is 1.42. The van der Waals surface area contributed by atoms with E-state index in [2.05, 4.69) is 32.9 Å². The summed E-state index contributed by atoms with van der Waals surface area (Å²) in [5.41, 5.74) is 0. The Hall–Kier alpha value is -0.870. The van der Waals surface area contributed by atoms with Crippen molar-refractivity contribution in [3.05, 3.63) is 18.7 Å². The highest BCUT2D eigenvalue weighted by Crippen LogP contribution is 2.22. The highest BCUT2D eigenvalue weighted by molar-refractivity contribution is 4.86. The zero-order chi connectivity index (χ0) is 12.4. The number of rotatable bonds is 6. The van der Waals surface area contributed by atoms with Crippen LogP contribution in [0, 0.1) is 5.92 Å². The maximum atomic E-state index is 4.11. The zero-order valence-corrected chi connectivity index (χ0v) is 11.3. The number of nitrogens with zero attached hydrogens (tertiary/aromatic N) is 3. The molecule has 4 nitrogen and oxygen atoms in total. The largest absolute Gasteiger partial charge is 0.336 e. The van der Waals surface area contributed by atoms with E-state index in [0.29, 0.717) is 6.04 Å². The molecule has 2 heterocycles. The van der Waals surface area contributed by atoms with Crippen LogP contribution in [0.1, 0.15) is 26.2 Å². The average Bonchev–Trinajstić information content (AvgIpc) is 2.88. The summed E-state index contributed by atoms with van der Waals surface area (Å²) < 4.78 is 2.18. The first-order valence-corrected chi connectivity index (χ1v) is 7.24. The lowest BCUT2D eigenvalue weighted by molar-refractivity contribution is 0.226. The molecule has 3 rings (SSSR count). The summed E-state index contributed by atoms with van der Waals surface area (Å²) in [5.74, 6) is 0.857. The summed E-state index contributed by atoms with van der Waals surface area (Å²) in [6.07, 6.45) is 9.98. The summed E-state index contributed by atoms with van der Waals surface area (Å²) in [4.78, 5) is 6.73. The number of likely N-dealkylation sites (tertiary alicyclic amines) is 1. The number of hydrogen-bond donors (Lipinski definition) is 1. The SMILES string of the molecule is CC(Cn1ccnc1)N1CCC(CNC2CC2)C1. The van der Waals surface area contributed by atoms with Crippen LogP contribution in [0.15, 0.2) is 18.7 Å². The van der Waals surface area contributed by atoms with Crippen molar-refractivity contribution in [2.75, 3.05) is 19.6 Å². The maximum absolute atomic E-state index is 4.11.